The van der Waals surface area contributed by atoms with Crippen molar-refractivity contribution in [3.05, 3.63) is 200 Å². The average molecular weight is 728 g/mol. The van der Waals surface area contributed by atoms with Crippen molar-refractivity contribution in [3.63, 3.8) is 0 Å². The van der Waals surface area contributed by atoms with E-state index in [1.165, 1.54) is 32.7 Å². The Bertz CT molecular complexity index is 3520. The summed E-state index contributed by atoms with van der Waals surface area (Å²) in [4.78, 5) is 2.37. The standard InChI is InChI=1S/C54H33NO2/c1-4-14-42-34(11-1)27-32-46-53-48(19-10-22-51(53)57-54(42)46)55(38-28-23-35(24-29-38)41-18-9-21-50-52(41)45-17-7-8-20-49(45)56-50)39-30-25-36(26-31-39)47-33-37-12-2-3-13-40(37)43-15-5-6-16-44(43)47/h1-33H. The lowest BCUT2D eigenvalue weighted by molar-refractivity contribution is 0.669. The predicted octanol–water partition coefficient (Wildman–Crippen LogP) is 15.7. The second-order valence-electron chi connectivity index (χ2n) is 14.8. The molecule has 0 amide bonds. The molecule has 0 atom stereocenters. The summed E-state index contributed by atoms with van der Waals surface area (Å²) in [7, 11) is 0. The molecular formula is C54H33NO2. The fraction of sp³-hybridized carbons (Fsp3) is 0. The third-order valence-electron chi connectivity index (χ3n) is 11.6. The van der Waals surface area contributed by atoms with Crippen LogP contribution >= 0.6 is 0 Å². The molecule has 3 heteroatoms. The molecule has 3 nitrogen and oxygen atoms in total. The maximum atomic E-state index is 6.69. The van der Waals surface area contributed by atoms with Crippen molar-refractivity contribution in [2.45, 2.75) is 0 Å². The number of furan rings is 2. The van der Waals surface area contributed by atoms with E-state index in [0.29, 0.717) is 0 Å². The first-order chi connectivity index (χ1) is 28.3. The highest BCUT2D eigenvalue weighted by molar-refractivity contribution is 6.20. The highest BCUT2D eigenvalue weighted by Gasteiger charge is 2.21. The topological polar surface area (TPSA) is 29.5 Å². The van der Waals surface area contributed by atoms with Crippen molar-refractivity contribution in [1.82, 2.24) is 0 Å². The fourth-order valence-corrected chi connectivity index (χ4v) is 9.04. The second-order valence-corrected chi connectivity index (χ2v) is 14.8. The molecule has 57 heavy (non-hydrogen) atoms. The first-order valence-electron chi connectivity index (χ1n) is 19.4. The van der Waals surface area contributed by atoms with Gasteiger partial charge in [0.2, 0.25) is 0 Å². The van der Waals surface area contributed by atoms with Gasteiger partial charge in [-0.15, -0.1) is 0 Å². The molecule has 0 bridgehead atoms. The number of hydrogen-bond acceptors (Lipinski definition) is 3. The number of benzene rings is 10. The van der Waals surface area contributed by atoms with Crippen molar-refractivity contribution in [1.29, 1.82) is 0 Å². The summed E-state index contributed by atoms with van der Waals surface area (Å²) in [5.41, 5.74) is 11.4. The number of hydrogen-bond donors (Lipinski definition) is 0. The highest BCUT2D eigenvalue weighted by Crippen LogP contribution is 2.46. The van der Waals surface area contributed by atoms with Crippen LogP contribution in [0.1, 0.15) is 0 Å². The Morgan fingerprint density at radius 2 is 0.895 bits per heavy atom. The van der Waals surface area contributed by atoms with E-state index in [9.17, 15) is 0 Å². The van der Waals surface area contributed by atoms with Crippen molar-refractivity contribution in [2.24, 2.45) is 0 Å². The van der Waals surface area contributed by atoms with E-state index in [0.717, 1.165) is 82.8 Å². The molecule has 266 valence electrons. The van der Waals surface area contributed by atoms with Gasteiger partial charge in [0, 0.05) is 32.9 Å². The number of nitrogens with zero attached hydrogens (tertiary/aromatic N) is 1. The second kappa shape index (κ2) is 12.5. The van der Waals surface area contributed by atoms with Crippen LogP contribution in [0.3, 0.4) is 0 Å². The molecule has 12 aromatic rings. The van der Waals surface area contributed by atoms with Crippen LogP contribution in [0.5, 0.6) is 0 Å². The Morgan fingerprint density at radius 3 is 1.67 bits per heavy atom. The van der Waals surface area contributed by atoms with Crippen molar-refractivity contribution >= 4 is 93.3 Å². The molecule has 0 aliphatic heterocycles. The molecule has 0 aliphatic carbocycles. The maximum Gasteiger partial charge on any atom is 0.143 e. The van der Waals surface area contributed by atoms with E-state index in [2.05, 4.69) is 193 Å². The summed E-state index contributed by atoms with van der Waals surface area (Å²) < 4.78 is 12.9. The van der Waals surface area contributed by atoms with Gasteiger partial charge in [0.05, 0.1) is 11.1 Å². The van der Waals surface area contributed by atoms with E-state index < -0.39 is 0 Å². The van der Waals surface area contributed by atoms with Crippen LogP contribution < -0.4 is 4.90 Å². The molecule has 10 aromatic carbocycles. The highest BCUT2D eigenvalue weighted by atomic mass is 16.3. The van der Waals surface area contributed by atoms with Crippen LogP contribution in [0.15, 0.2) is 209 Å². The minimum atomic E-state index is 0.859. The first kappa shape index (κ1) is 31.7. The molecule has 0 saturated carbocycles. The quantitative estimate of drug-likeness (QED) is 0.165. The number of fused-ring (bicyclic) bond motifs is 11. The molecule has 2 aromatic heterocycles. The molecule has 0 spiro atoms. The van der Waals surface area contributed by atoms with Gasteiger partial charge in [-0.1, -0.05) is 140 Å². The summed E-state index contributed by atoms with van der Waals surface area (Å²) in [5.74, 6) is 0. The van der Waals surface area contributed by atoms with Gasteiger partial charge in [-0.2, -0.15) is 0 Å². The average Bonchev–Trinajstić information content (AvgIpc) is 3.86. The van der Waals surface area contributed by atoms with Crippen LogP contribution in [-0.4, -0.2) is 0 Å². The van der Waals surface area contributed by atoms with Gasteiger partial charge < -0.3 is 13.7 Å². The molecular weight excluding hydrogens is 695 g/mol. The lowest BCUT2D eigenvalue weighted by Gasteiger charge is -2.27. The SMILES string of the molecule is c1ccc2c(c1)cc(-c1ccc(N(c3ccc(-c4cccc5oc6ccccc6c45)cc3)c3cccc4oc5c6ccccc6ccc5c34)cc1)c1ccccc12. The molecule has 0 fully saturated rings. The van der Waals surface area contributed by atoms with Gasteiger partial charge in [0.1, 0.15) is 22.3 Å². The molecule has 0 aliphatic rings. The van der Waals surface area contributed by atoms with Crippen LogP contribution in [-0.2, 0) is 0 Å². The Labute approximate surface area is 328 Å². The summed E-state index contributed by atoms with van der Waals surface area (Å²) in [6.07, 6.45) is 0. The summed E-state index contributed by atoms with van der Waals surface area (Å²) in [5, 5.41) is 11.7. The Hall–Kier alpha value is -7.62. The summed E-state index contributed by atoms with van der Waals surface area (Å²) in [6.45, 7) is 0. The Morgan fingerprint density at radius 1 is 0.316 bits per heavy atom. The molecule has 0 radical (unpaired) electrons. The van der Waals surface area contributed by atoms with E-state index in [-0.39, 0.29) is 0 Å². The minimum absolute atomic E-state index is 0.859. The zero-order valence-corrected chi connectivity index (χ0v) is 30.8. The lowest BCUT2D eigenvalue weighted by Crippen LogP contribution is -2.10. The van der Waals surface area contributed by atoms with Gasteiger partial charge in [-0.3, -0.25) is 0 Å². The third-order valence-corrected chi connectivity index (χ3v) is 11.6. The smallest absolute Gasteiger partial charge is 0.143 e. The Kier molecular flexibility index (Phi) is 6.93. The Balaban J connectivity index is 1.05. The van der Waals surface area contributed by atoms with Crippen LogP contribution in [0.25, 0.3) is 98.4 Å². The van der Waals surface area contributed by atoms with E-state index in [1.54, 1.807) is 0 Å². The first-order valence-corrected chi connectivity index (χ1v) is 19.4. The predicted molar refractivity (Wildman–Crippen MR) is 239 cm³/mol. The normalized spacial score (nSPS) is 11.9. The monoisotopic (exact) mass is 727 g/mol. The largest absolute Gasteiger partial charge is 0.456 e. The van der Waals surface area contributed by atoms with E-state index in [1.807, 2.05) is 12.1 Å². The van der Waals surface area contributed by atoms with Crippen molar-refractivity contribution < 1.29 is 8.83 Å². The van der Waals surface area contributed by atoms with Gasteiger partial charge in [-0.05, 0) is 110 Å². The van der Waals surface area contributed by atoms with Crippen LogP contribution in [0.2, 0.25) is 0 Å². The van der Waals surface area contributed by atoms with E-state index in [4.69, 9.17) is 8.83 Å². The number of para-hydroxylation sites is 1. The van der Waals surface area contributed by atoms with Gasteiger partial charge in [0.25, 0.3) is 0 Å². The molecule has 0 N–H and O–H groups in total. The van der Waals surface area contributed by atoms with Crippen molar-refractivity contribution in [2.75, 3.05) is 4.90 Å². The molecule has 0 saturated heterocycles. The van der Waals surface area contributed by atoms with Gasteiger partial charge in [0.15, 0.2) is 0 Å². The summed E-state index contributed by atoms with van der Waals surface area (Å²) >= 11 is 0. The van der Waals surface area contributed by atoms with E-state index >= 15 is 0 Å². The van der Waals surface area contributed by atoms with Gasteiger partial charge in [-0.25, -0.2) is 0 Å². The zero-order chi connectivity index (χ0) is 37.5. The van der Waals surface area contributed by atoms with Gasteiger partial charge >= 0.3 is 0 Å². The molecule has 0 unspecified atom stereocenters. The zero-order valence-electron chi connectivity index (χ0n) is 30.8. The van der Waals surface area contributed by atoms with Crippen LogP contribution in [0.4, 0.5) is 17.1 Å². The van der Waals surface area contributed by atoms with Crippen molar-refractivity contribution in [3.8, 4) is 22.3 Å². The fourth-order valence-electron chi connectivity index (χ4n) is 9.04. The third kappa shape index (κ3) is 4.92. The maximum absolute atomic E-state index is 6.69. The number of rotatable bonds is 5. The lowest BCUT2D eigenvalue weighted by atomic mass is 9.93. The summed E-state index contributed by atoms with van der Waals surface area (Å²) in [6, 6.07) is 71.5. The number of anilines is 3. The van der Waals surface area contributed by atoms with Crippen LogP contribution in [0, 0.1) is 0 Å². The minimum Gasteiger partial charge on any atom is -0.456 e. The molecule has 12 rings (SSSR count). The molecule has 2 heterocycles.